The Balaban J connectivity index is 1.32. The number of anilines is 1. The maximum Gasteiger partial charge on any atom is 0.315 e. The molecule has 1 aromatic carbocycles. The van der Waals surface area contributed by atoms with E-state index in [9.17, 15) is 13.2 Å². The largest absolute Gasteiger partial charge is 0.364 e. The molecule has 5 rings (SSSR count). The first-order chi connectivity index (χ1) is 18.4. The summed E-state index contributed by atoms with van der Waals surface area (Å²) in [6.45, 7) is 8.60. The first kappa shape index (κ1) is 26.8. The molecular weight excluding hydrogens is 520 g/mol. The zero-order chi connectivity index (χ0) is 27.9. The van der Waals surface area contributed by atoms with E-state index in [1.54, 1.807) is 6.20 Å². The molecule has 1 aliphatic heterocycles. The van der Waals surface area contributed by atoms with Gasteiger partial charge in [0.1, 0.15) is 0 Å². The quantitative estimate of drug-likeness (QED) is 0.313. The van der Waals surface area contributed by atoms with Gasteiger partial charge in [-0.25, -0.2) is 17.7 Å². The van der Waals surface area contributed by atoms with Gasteiger partial charge < -0.3 is 15.2 Å². The summed E-state index contributed by atoms with van der Waals surface area (Å²) in [6.07, 6.45) is 3.63. The van der Waals surface area contributed by atoms with Gasteiger partial charge in [0.25, 0.3) is 0 Å². The number of aromatic amines is 1. The zero-order valence-corrected chi connectivity index (χ0v) is 23.3. The second-order valence-corrected chi connectivity index (χ2v) is 12.9. The third-order valence-electron chi connectivity index (χ3n) is 6.78. The minimum atomic E-state index is -3.23. The Kier molecular flexibility index (Phi) is 6.89. The molecule has 1 amide bonds. The number of carbonyl (C=O) groups excluding carboxylic acids is 1. The highest BCUT2D eigenvalue weighted by atomic mass is 32.2. The number of fused-ring (bicyclic) bond motifs is 1. The monoisotopic (exact) mass is 552 g/mol. The van der Waals surface area contributed by atoms with Crippen molar-refractivity contribution in [2.75, 3.05) is 24.7 Å². The van der Waals surface area contributed by atoms with E-state index in [1.807, 2.05) is 58.0 Å². The maximum absolute atomic E-state index is 12.7. The van der Waals surface area contributed by atoms with Gasteiger partial charge in [-0.1, -0.05) is 50.2 Å². The number of nitrogens with one attached hydrogen (secondary N) is 3. The van der Waals surface area contributed by atoms with Crippen molar-refractivity contribution in [2.24, 2.45) is 0 Å². The van der Waals surface area contributed by atoms with Gasteiger partial charge in [0.15, 0.2) is 17.3 Å². The number of amides is 1. The van der Waals surface area contributed by atoms with Crippen molar-refractivity contribution >= 4 is 32.8 Å². The number of hydrogen-bond donors (Lipinski definition) is 3. The van der Waals surface area contributed by atoms with Crippen LogP contribution in [0.15, 0.2) is 41.1 Å². The smallest absolute Gasteiger partial charge is 0.315 e. The lowest BCUT2D eigenvalue weighted by molar-refractivity contribution is 0.0895. The van der Waals surface area contributed by atoms with E-state index in [0.29, 0.717) is 36.8 Å². The standard InChI is InChI=1S/C26H32N8O4S/c1-15(28-23(35)24-30-25(33-38-24)26(2,3)4)16-6-8-17(9-7-16)19-10-12-27-21-20(19)22(32-31-21)29-18-11-13-34(14-18)39(5,36)37/h6-10,12,15,18H,11,13-14H2,1-5H3,(H,28,35)(H2,27,29,31,32)/t15-,18?/m1/s1. The van der Waals surface area contributed by atoms with Crippen molar-refractivity contribution in [3.63, 3.8) is 0 Å². The summed E-state index contributed by atoms with van der Waals surface area (Å²) in [4.78, 5) is 21.3. The van der Waals surface area contributed by atoms with Gasteiger partial charge in [-0.2, -0.15) is 10.1 Å². The van der Waals surface area contributed by atoms with Crippen LogP contribution in [0.5, 0.6) is 0 Å². The Morgan fingerprint density at radius 1 is 1.21 bits per heavy atom. The van der Waals surface area contributed by atoms with Crippen LogP contribution >= 0.6 is 0 Å². The minimum absolute atomic E-state index is 0.0514. The molecule has 1 fully saturated rings. The van der Waals surface area contributed by atoms with E-state index in [2.05, 4.69) is 36.0 Å². The number of carbonyl (C=O) groups is 1. The molecule has 0 aliphatic carbocycles. The Morgan fingerprint density at radius 3 is 2.59 bits per heavy atom. The lowest BCUT2D eigenvalue weighted by atomic mass is 9.96. The van der Waals surface area contributed by atoms with Crippen molar-refractivity contribution in [2.45, 2.75) is 51.6 Å². The average molecular weight is 553 g/mol. The first-order valence-corrected chi connectivity index (χ1v) is 14.5. The van der Waals surface area contributed by atoms with E-state index in [4.69, 9.17) is 4.52 Å². The van der Waals surface area contributed by atoms with Gasteiger partial charge in [0.05, 0.1) is 17.7 Å². The summed E-state index contributed by atoms with van der Waals surface area (Å²) in [5, 5.41) is 18.4. The van der Waals surface area contributed by atoms with Gasteiger partial charge in [-0.3, -0.25) is 9.89 Å². The molecule has 12 nitrogen and oxygen atoms in total. The SMILES string of the molecule is C[C@@H](NC(=O)c1nc(C(C)(C)C)no1)c1ccc(-c2ccnc3[nH]nc(NC4CCN(S(C)(=O)=O)C4)c23)cc1. The number of benzene rings is 1. The predicted molar refractivity (Wildman–Crippen MR) is 147 cm³/mol. The van der Waals surface area contributed by atoms with Gasteiger partial charge in [-0.05, 0) is 36.1 Å². The second-order valence-electron chi connectivity index (χ2n) is 10.9. The summed E-state index contributed by atoms with van der Waals surface area (Å²) in [5.41, 5.74) is 3.10. The molecule has 0 bridgehead atoms. The highest BCUT2D eigenvalue weighted by Crippen LogP contribution is 2.33. The Bertz CT molecular complexity index is 1600. The molecule has 2 atom stereocenters. The third kappa shape index (κ3) is 5.64. The number of pyridine rings is 1. The summed E-state index contributed by atoms with van der Waals surface area (Å²) in [6, 6.07) is 9.45. The number of aromatic nitrogens is 5. The van der Waals surface area contributed by atoms with Crippen LogP contribution in [0, 0.1) is 0 Å². The summed E-state index contributed by atoms with van der Waals surface area (Å²) < 4.78 is 30.4. The number of sulfonamides is 1. The molecule has 0 saturated carbocycles. The molecule has 4 heterocycles. The molecule has 4 aromatic rings. The van der Waals surface area contributed by atoms with E-state index < -0.39 is 15.9 Å². The van der Waals surface area contributed by atoms with E-state index in [1.165, 1.54) is 10.6 Å². The normalized spacial score (nSPS) is 17.4. The van der Waals surface area contributed by atoms with E-state index in [0.717, 1.165) is 22.1 Å². The Labute approximate surface area is 226 Å². The van der Waals surface area contributed by atoms with Crippen LogP contribution in [0.25, 0.3) is 22.2 Å². The van der Waals surface area contributed by atoms with Gasteiger partial charge in [0, 0.05) is 30.7 Å². The van der Waals surface area contributed by atoms with E-state index >= 15 is 0 Å². The number of rotatable bonds is 7. The highest BCUT2D eigenvalue weighted by molar-refractivity contribution is 7.88. The Hall–Kier alpha value is -3.84. The van der Waals surface area contributed by atoms with Crippen LogP contribution in [0.2, 0.25) is 0 Å². The molecule has 3 N–H and O–H groups in total. The Morgan fingerprint density at radius 2 is 1.95 bits per heavy atom. The fraction of sp³-hybridized carbons (Fsp3) is 0.423. The highest BCUT2D eigenvalue weighted by Gasteiger charge is 2.29. The predicted octanol–water partition coefficient (Wildman–Crippen LogP) is 3.24. The van der Waals surface area contributed by atoms with Crippen LogP contribution in [0.1, 0.15) is 62.2 Å². The van der Waals surface area contributed by atoms with Crippen LogP contribution in [-0.4, -0.2) is 69.3 Å². The lowest BCUT2D eigenvalue weighted by Crippen LogP contribution is -2.30. The summed E-state index contributed by atoms with van der Waals surface area (Å²) >= 11 is 0. The first-order valence-electron chi connectivity index (χ1n) is 12.7. The van der Waals surface area contributed by atoms with Crippen molar-refractivity contribution in [1.82, 2.24) is 34.9 Å². The number of hydrogen-bond acceptors (Lipinski definition) is 9. The van der Waals surface area contributed by atoms with Crippen molar-refractivity contribution < 1.29 is 17.7 Å². The fourth-order valence-corrected chi connectivity index (χ4v) is 5.44. The third-order valence-corrected chi connectivity index (χ3v) is 8.05. The van der Waals surface area contributed by atoms with E-state index in [-0.39, 0.29) is 23.4 Å². The molecule has 1 saturated heterocycles. The van der Waals surface area contributed by atoms with Crippen LogP contribution in [0.3, 0.4) is 0 Å². The second kappa shape index (κ2) is 10.0. The van der Waals surface area contributed by atoms with Gasteiger partial charge in [-0.15, -0.1) is 0 Å². The average Bonchev–Trinajstić information content (AvgIpc) is 3.64. The summed E-state index contributed by atoms with van der Waals surface area (Å²) in [5.74, 6) is 0.611. The van der Waals surface area contributed by atoms with Crippen LogP contribution < -0.4 is 10.6 Å². The maximum atomic E-state index is 12.7. The van der Waals surface area contributed by atoms with Gasteiger partial charge >= 0.3 is 11.8 Å². The molecule has 13 heteroatoms. The molecule has 206 valence electrons. The van der Waals surface area contributed by atoms with Crippen molar-refractivity contribution in [3.05, 3.63) is 53.8 Å². The zero-order valence-electron chi connectivity index (χ0n) is 22.5. The molecule has 39 heavy (non-hydrogen) atoms. The number of H-pyrrole nitrogens is 1. The van der Waals surface area contributed by atoms with Gasteiger partial charge in [0.2, 0.25) is 10.0 Å². The van der Waals surface area contributed by atoms with Crippen LogP contribution in [0.4, 0.5) is 5.82 Å². The molecule has 0 radical (unpaired) electrons. The van der Waals surface area contributed by atoms with Crippen molar-refractivity contribution in [3.8, 4) is 11.1 Å². The number of nitrogens with zero attached hydrogens (tertiary/aromatic N) is 5. The molecule has 1 aliphatic rings. The molecule has 0 spiro atoms. The topological polar surface area (TPSA) is 159 Å². The van der Waals surface area contributed by atoms with Crippen LogP contribution in [-0.2, 0) is 15.4 Å². The molecule has 3 aromatic heterocycles. The fourth-order valence-electron chi connectivity index (χ4n) is 4.55. The lowest BCUT2D eigenvalue weighted by Gasteiger charge is -2.15. The minimum Gasteiger partial charge on any atom is -0.364 e. The molecule has 1 unspecified atom stereocenters. The summed E-state index contributed by atoms with van der Waals surface area (Å²) in [7, 11) is -3.23. The molecular formula is C26H32N8O4S. The van der Waals surface area contributed by atoms with Crippen molar-refractivity contribution in [1.29, 1.82) is 0 Å².